The Morgan fingerprint density at radius 3 is 2.24 bits per heavy atom. The van der Waals surface area contributed by atoms with E-state index in [1.54, 1.807) is 7.11 Å². The van der Waals surface area contributed by atoms with Gasteiger partial charge in [0, 0.05) is 45.0 Å². The van der Waals surface area contributed by atoms with E-state index >= 15 is 0 Å². The predicted molar refractivity (Wildman–Crippen MR) is 126 cm³/mol. The molecule has 2 saturated heterocycles. The lowest BCUT2D eigenvalue weighted by atomic mass is 10.0. The number of hydrogen-bond acceptors (Lipinski definition) is 6. The summed E-state index contributed by atoms with van der Waals surface area (Å²) in [5, 5.41) is 3.04. The summed E-state index contributed by atoms with van der Waals surface area (Å²) in [6.45, 7) is 5.91. The van der Waals surface area contributed by atoms with E-state index in [2.05, 4.69) is 15.1 Å². The lowest BCUT2D eigenvalue weighted by Gasteiger charge is -2.39. The zero-order chi connectivity index (χ0) is 23.0. The SMILES string of the molecule is COc1ccc(NC(=O)C(c2ccccc2)N2CCN(C(=O)CN3CCOCC3)CC2)cc1. The fourth-order valence-corrected chi connectivity index (χ4v) is 4.33. The first kappa shape index (κ1) is 23.2. The number of nitrogens with one attached hydrogen (secondary N) is 1. The maximum Gasteiger partial charge on any atom is 0.246 e. The van der Waals surface area contributed by atoms with Gasteiger partial charge in [0.1, 0.15) is 11.8 Å². The van der Waals surface area contributed by atoms with Crippen LogP contribution in [0.1, 0.15) is 11.6 Å². The van der Waals surface area contributed by atoms with Gasteiger partial charge >= 0.3 is 0 Å². The third-order valence-corrected chi connectivity index (χ3v) is 6.22. The van der Waals surface area contributed by atoms with Crippen LogP contribution in [0, 0.1) is 0 Å². The summed E-state index contributed by atoms with van der Waals surface area (Å²) in [4.78, 5) is 32.4. The van der Waals surface area contributed by atoms with E-state index in [4.69, 9.17) is 9.47 Å². The molecule has 0 aliphatic carbocycles. The third kappa shape index (κ3) is 6.10. The van der Waals surface area contributed by atoms with Gasteiger partial charge in [0.2, 0.25) is 11.8 Å². The van der Waals surface area contributed by atoms with Gasteiger partial charge in [-0.05, 0) is 29.8 Å². The molecule has 4 rings (SSSR count). The normalized spacial score (nSPS) is 18.5. The van der Waals surface area contributed by atoms with Crippen molar-refractivity contribution in [3.8, 4) is 5.75 Å². The van der Waals surface area contributed by atoms with Crippen molar-refractivity contribution in [1.29, 1.82) is 0 Å². The molecule has 2 heterocycles. The summed E-state index contributed by atoms with van der Waals surface area (Å²) in [5.41, 5.74) is 1.66. The average Bonchev–Trinajstić information content (AvgIpc) is 2.86. The van der Waals surface area contributed by atoms with Crippen LogP contribution in [0.4, 0.5) is 5.69 Å². The van der Waals surface area contributed by atoms with E-state index in [-0.39, 0.29) is 11.8 Å². The van der Waals surface area contributed by atoms with E-state index in [1.807, 2.05) is 59.5 Å². The number of amides is 2. The number of ether oxygens (including phenoxy) is 2. The molecule has 2 aromatic carbocycles. The second-order valence-electron chi connectivity index (χ2n) is 8.34. The molecule has 33 heavy (non-hydrogen) atoms. The second kappa shape index (κ2) is 11.3. The van der Waals surface area contributed by atoms with Crippen molar-refractivity contribution in [3.05, 3.63) is 60.2 Å². The first-order chi connectivity index (χ1) is 16.1. The third-order valence-electron chi connectivity index (χ3n) is 6.22. The fraction of sp³-hybridized carbons (Fsp3) is 0.440. The van der Waals surface area contributed by atoms with Crippen molar-refractivity contribution >= 4 is 17.5 Å². The van der Waals surface area contributed by atoms with Gasteiger partial charge < -0.3 is 19.7 Å². The molecule has 0 spiro atoms. The molecular weight excluding hydrogens is 420 g/mol. The second-order valence-corrected chi connectivity index (χ2v) is 8.34. The maximum atomic E-state index is 13.4. The highest BCUT2D eigenvalue weighted by Gasteiger charge is 2.32. The number of morpholine rings is 1. The van der Waals surface area contributed by atoms with Crippen LogP contribution >= 0.6 is 0 Å². The van der Waals surface area contributed by atoms with E-state index < -0.39 is 6.04 Å². The molecule has 0 radical (unpaired) electrons. The molecule has 1 N–H and O–H groups in total. The molecule has 2 fully saturated rings. The number of hydrogen-bond donors (Lipinski definition) is 1. The van der Waals surface area contributed by atoms with Gasteiger partial charge in [0.05, 0.1) is 26.9 Å². The molecule has 1 unspecified atom stereocenters. The van der Waals surface area contributed by atoms with E-state index in [0.717, 1.165) is 30.1 Å². The van der Waals surface area contributed by atoms with E-state index in [9.17, 15) is 9.59 Å². The Labute approximate surface area is 195 Å². The number of nitrogens with zero attached hydrogens (tertiary/aromatic N) is 3. The number of anilines is 1. The monoisotopic (exact) mass is 452 g/mol. The van der Waals surface area contributed by atoms with E-state index in [1.165, 1.54) is 0 Å². The minimum absolute atomic E-state index is 0.0838. The molecule has 0 saturated carbocycles. The van der Waals surface area contributed by atoms with Crippen molar-refractivity contribution < 1.29 is 19.1 Å². The number of benzene rings is 2. The molecule has 2 aliphatic rings. The summed E-state index contributed by atoms with van der Waals surface area (Å²) in [6.07, 6.45) is 0. The van der Waals surface area contributed by atoms with Crippen LogP contribution in [0.5, 0.6) is 5.75 Å². The topological polar surface area (TPSA) is 74.4 Å². The highest BCUT2D eigenvalue weighted by Crippen LogP contribution is 2.25. The number of rotatable bonds is 7. The molecule has 2 aliphatic heterocycles. The molecule has 8 nitrogen and oxygen atoms in total. The molecule has 2 amide bonds. The van der Waals surface area contributed by atoms with Gasteiger partial charge in [-0.25, -0.2) is 0 Å². The quantitative estimate of drug-likeness (QED) is 0.691. The zero-order valence-electron chi connectivity index (χ0n) is 19.1. The van der Waals surface area contributed by atoms with Crippen LogP contribution in [0.3, 0.4) is 0 Å². The van der Waals surface area contributed by atoms with Crippen LogP contribution in [-0.4, -0.2) is 92.7 Å². The zero-order valence-corrected chi connectivity index (χ0v) is 19.1. The summed E-state index contributed by atoms with van der Waals surface area (Å²) in [7, 11) is 1.62. The van der Waals surface area contributed by atoms with Crippen LogP contribution < -0.4 is 10.1 Å². The number of carbonyl (C=O) groups excluding carboxylic acids is 2. The molecule has 0 bridgehead atoms. The fourth-order valence-electron chi connectivity index (χ4n) is 4.33. The maximum absolute atomic E-state index is 13.4. The summed E-state index contributed by atoms with van der Waals surface area (Å²) in [5.74, 6) is 0.806. The number of methoxy groups -OCH3 is 1. The van der Waals surface area contributed by atoms with Crippen molar-refractivity contribution in [3.63, 3.8) is 0 Å². The number of carbonyl (C=O) groups is 2. The van der Waals surface area contributed by atoms with Crippen LogP contribution in [0.2, 0.25) is 0 Å². The highest BCUT2D eigenvalue weighted by molar-refractivity contribution is 5.95. The van der Waals surface area contributed by atoms with Gasteiger partial charge in [-0.15, -0.1) is 0 Å². The largest absolute Gasteiger partial charge is 0.497 e. The number of piperazine rings is 1. The first-order valence-corrected chi connectivity index (χ1v) is 11.5. The summed E-state index contributed by atoms with van der Waals surface area (Å²) >= 11 is 0. The standard InChI is InChI=1S/C25H32N4O4/c1-32-22-9-7-21(8-10-22)26-25(31)24(20-5-3-2-4-6-20)29-13-11-28(12-14-29)23(30)19-27-15-17-33-18-16-27/h2-10,24H,11-19H2,1H3,(H,26,31). The van der Waals surface area contributed by atoms with Gasteiger partial charge in [0.15, 0.2) is 0 Å². The van der Waals surface area contributed by atoms with Crippen molar-refractivity contribution in [2.45, 2.75) is 6.04 Å². The average molecular weight is 453 g/mol. The van der Waals surface area contributed by atoms with Crippen LogP contribution in [0.15, 0.2) is 54.6 Å². The minimum atomic E-state index is -0.426. The van der Waals surface area contributed by atoms with Gasteiger partial charge in [-0.2, -0.15) is 0 Å². The first-order valence-electron chi connectivity index (χ1n) is 11.5. The highest BCUT2D eigenvalue weighted by atomic mass is 16.5. The Bertz CT molecular complexity index is 908. The van der Waals surface area contributed by atoms with Crippen LogP contribution in [0.25, 0.3) is 0 Å². The predicted octanol–water partition coefficient (Wildman–Crippen LogP) is 1.85. The Hall–Kier alpha value is -2.94. The van der Waals surface area contributed by atoms with Gasteiger partial charge in [-0.3, -0.25) is 19.4 Å². The molecule has 1 atom stereocenters. The Balaban J connectivity index is 1.40. The molecular formula is C25H32N4O4. The lowest BCUT2D eigenvalue weighted by molar-refractivity contribution is -0.136. The van der Waals surface area contributed by atoms with E-state index in [0.29, 0.717) is 45.9 Å². The minimum Gasteiger partial charge on any atom is -0.497 e. The molecule has 176 valence electrons. The van der Waals surface area contributed by atoms with Gasteiger partial charge in [-0.1, -0.05) is 30.3 Å². The van der Waals surface area contributed by atoms with Gasteiger partial charge in [0.25, 0.3) is 0 Å². The molecule has 2 aromatic rings. The summed E-state index contributed by atoms with van der Waals surface area (Å²) < 4.78 is 10.6. The van der Waals surface area contributed by atoms with Crippen molar-refractivity contribution in [2.24, 2.45) is 0 Å². The Morgan fingerprint density at radius 1 is 0.939 bits per heavy atom. The lowest BCUT2D eigenvalue weighted by Crippen LogP contribution is -2.54. The van der Waals surface area contributed by atoms with Crippen LogP contribution in [-0.2, 0) is 14.3 Å². The molecule has 8 heteroatoms. The summed E-state index contributed by atoms with van der Waals surface area (Å²) in [6, 6.07) is 16.7. The van der Waals surface area contributed by atoms with Crippen molar-refractivity contribution in [2.75, 3.05) is 71.5 Å². The van der Waals surface area contributed by atoms with Crippen molar-refractivity contribution in [1.82, 2.24) is 14.7 Å². The Morgan fingerprint density at radius 2 is 1.61 bits per heavy atom. The smallest absolute Gasteiger partial charge is 0.246 e. The Kier molecular flexibility index (Phi) is 7.93. The molecule has 0 aromatic heterocycles.